The van der Waals surface area contributed by atoms with Gasteiger partial charge in [-0.15, -0.1) is 0 Å². The number of rotatable bonds is 7. The summed E-state index contributed by atoms with van der Waals surface area (Å²) in [5.74, 6) is -1.17. The molecule has 0 unspecified atom stereocenters. The molecule has 0 aromatic heterocycles. The Morgan fingerprint density at radius 2 is 1.63 bits per heavy atom. The van der Waals surface area contributed by atoms with Crippen molar-refractivity contribution in [2.24, 2.45) is 0 Å². The van der Waals surface area contributed by atoms with Crippen molar-refractivity contribution in [1.29, 1.82) is 0 Å². The highest BCUT2D eigenvalue weighted by molar-refractivity contribution is 5.98. The number of carbonyl (C=O) groups excluding carboxylic acids is 3. The lowest BCUT2D eigenvalue weighted by Gasteiger charge is -2.21. The third kappa shape index (κ3) is 5.31. The molecule has 0 bridgehead atoms. The van der Waals surface area contributed by atoms with Crippen molar-refractivity contribution in [2.75, 3.05) is 27.7 Å². The highest BCUT2D eigenvalue weighted by atomic mass is 16.5. The van der Waals surface area contributed by atoms with Crippen molar-refractivity contribution < 1.29 is 23.9 Å². The number of para-hydroxylation sites is 1. The topological polar surface area (TPSA) is 84.9 Å². The van der Waals surface area contributed by atoms with E-state index in [1.807, 2.05) is 0 Å². The molecule has 27 heavy (non-hydrogen) atoms. The van der Waals surface area contributed by atoms with Crippen LogP contribution in [0.15, 0.2) is 54.6 Å². The van der Waals surface area contributed by atoms with Crippen LogP contribution in [0.2, 0.25) is 0 Å². The summed E-state index contributed by atoms with van der Waals surface area (Å²) in [5.41, 5.74) is 0.859. The van der Waals surface area contributed by atoms with Gasteiger partial charge >= 0.3 is 5.97 Å². The average Bonchev–Trinajstić information content (AvgIpc) is 2.70. The standard InChI is InChI=1S/C20H22N2O5/c1-22(2)20(25)18(14-9-5-4-6-10-14)27-17(23)13-21-19(24)15-11-7-8-12-16(15)26-3/h4-12,18H,13H2,1-3H3,(H,21,24)/t18-/m0/s1. The van der Waals surface area contributed by atoms with Crippen LogP contribution in [0.3, 0.4) is 0 Å². The Kier molecular flexibility index (Phi) is 6.93. The van der Waals surface area contributed by atoms with E-state index in [2.05, 4.69) is 5.32 Å². The molecule has 0 saturated heterocycles. The maximum absolute atomic E-state index is 12.4. The molecule has 0 heterocycles. The van der Waals surface area contributed by atoms with Gasteiger partial charge in [0.2, 0.25) is 6.10 Å². The van der Waals surface area contributed by atoms with Crippen LogP contribution < -0.4 is 10.1 Å². The predicted octanol–water partition coefficient (Wildman–Crippen LogP) is 1.80. The van der Waals surface area contributed by atoms with Gasteiger partial charge in [0.05, 0.1) is 12.7 Å². The molecule has 0 fully saturated rings. The molecule has 142 valence electrons. The highest BCUT2D eigenvalue weighted by Gasteiger charge is 2.26. The number of hydrogen-bond donors (Lipinski definition) is 1. The van der Waals surface area contributed by atoms with Crippen LogP contribution >= 0.6 is 0 Å². The van der Waals surface area contributed by atoms with Gasteiger partial charge in [-0.05, 0) is 12.1 Å². The Morgan fingerprint density at radius 1 is 1.00 bits per heavy atom. The maximum Gasteiger partial charge on any atom is 0.326 e. The normalized spacial score (nSPS) is 11.2. The molecule has 0 aliphatic rings. The fraction of sp³-hybridized carbons (Fsp3) is 0.250. The average molecular weight is 370 g/mol. The van der Waals surface area contributed by atoms with Gasteiger partial charge < -0.3 is 19.7 Å². The van der Waals surface area contributed by atoms with E-state index in [0.29, 0.717) is 16.9 Å². The van der Waals surface area contributed by atoms with Gasteiger partial charge in [0.1, 0.15) is 12.3 Å². The van der Waals surface area contributed by atoms with Gasteiger partial charge in [-0.1, -0.05) is 42.5 Å². The van der Waals surface area contributed by atoms with Crippen LogP contribution in [0.4, 0.5) is 0 Å². The van der Waals surface area contributed by atoms with Crippen LogP contribution in [-0.4, -0.2) is 50.4 Å². The van der Waals surface area contributed by atoms with E-state index in [4.69, 9.17) is 9.47 Å². The molecule has 2 rings (SSSR count). The minimum absolute atomic E-state index is 0.303. The second kappa shape index (κ2) is 9.38. The van der Waals surface area contributed by atoms with Crippen LogP contribution in [0.1, 0.15) is 22.0 Å². The van der Waals surface area contributed by atoms with Crippen molar-refractivity contribution in [3.8, 4) is 5.75 Å². The smallest absolute Gasteiger partial charge is 0.326 e. The molecule has 1 N–H and O–H groups in total. The van der Waals surface area contributed by atoms with Crippen molar-refractivity contribution in [3.63, 3.8) is 0 Å². The zero-order chi connectivity index (χ0) is 19.8. The summed E-state index contributed by atoms with van der Waals surface area (Å²) in [5, 5.41) is 2.48. The predicted molar refractivity (Wildman–Crippen MR) is 99.3 cm³/mol. The van der Waals surface area contributed by atoms with Crippen molar-refractivity contribution in [1.82, 2.24) is 10.2 Å². The van der Waals surface area contributed by atoms with Crippen molar-refractivity contribution in [3.05, 3.63) is 65.7 Å². The molecule has 2 aromatic rings. The van der Waals surface area contributed by atoms with Gasteiger partial charge in [-0.3, -0.25) is 14.4 Å². The highest BCUT2D eigenvalue weighted by Crippen LogP contribution is 2.20. The maximum atomic E-state index is 12.4. The second-order valence-electron chi connectivity index (χ2n) is 5.90. The number of methoxy groups -OCH3 is 1. The Morgan fingerprint density at radius 3 is 2.26 bits per heavy atom. The molecule has 0 saturated carbocycles. The lowest BCUT2D eigenvalue weighted by molar-refractivity contribution is -0.158. The first-order chi connectivity index (χ1) is 12.9. The summed E-state index contributed by atoms with van der Waals surface area (Å²) in [7, 11) is 4.61. The first-order valence-corrected chi connectivity index (χ1v) is 8.31. The van der Waals surface area contributed by atoms with Gasteiger partial charge in [0.15, 0.2) is 0 Å². The third-order valence-electron chi connectivity index (χ3n) is 3.76. The van der Waals surface area contributed by atoms with Crippen molar-refractivity contribution in [2.45, 2.75) is 6.10 Å². The first-order valence-electron chi connectivity index (χ1n) is 8.31. The number of hydrogen-bond acceptors (Lipinski definition) is 5. The quantitative estimate of drug-likeness (QED) is 0.751. The molecule has 7 heteroatoms. The van der Waals surface area contributed by atoms with E-state index in [1.54, 1.807) is 68.7 Å². The largest absolute Gasteiger partial charge is 0.496 e. The fourth-order valence-electron chi connectivity index (χ4n) is 2.38. The third-order valence-corrected chi connectivity index (χ3v) is 3.76. The van der Waals surface area contributed by atoms with Crippen LogP contribution in [-0.2, 0) is 14.3 Å². The number of esters is 1. The Hall–Kier alpha value is -3.35. The van der Waals surface area contributed by atoms with E-state index in [1.165, 1.54) is 12.0 Å². The SMILES string of the molecule is COc1ccccc1C(=O)NCC(=O)O[C@H](C(=O)N(C)C)c1ccccc1. The van der Waals surface area contributed by atoms with E-state index in [0.717, 1.165) is 0 Å². The van der Waals surface area contributed by atoms with E-state index in [9.17, 15) is 14.4 Å². The van der Waals surface area contributed by atoms with Gasteiger partial charge in [0, 0.05) is 19.7 Å². The summed E-state index contributed by atoms with van der Waals surface area (Å²) in [6, 6.07) is 15.4. The molecule has 1 atom stereocenters. The second-order valence-corrected chi connectivity index (χ2v) is 5.90. The molecule has 2 aromatic carbocycles. The zero-order valence-electron chi connectivity index (χ0n) is 15.5. The van der Waals surface area contributed by atoms with Gasteiger partial charge in [-0.2, -0.15) is 0 Å². The van der Waals surface area contributed by atoms with Crippen LogP contribution in [0.5, 0.6) is 5.75 Å². The Labute approximate surface area is 157 Å². The monoisotopic (exact) mass is 370 g/mol. The number of likely N-dealkylation sites (N-methyl/N-ethyl adjacent to an activating group) is 1. The summed E-state index contributed by atoms with van der Waals surface area (Å²) in [6.07, 6.45) is -1.07. The van der Waals surface area contributed by atoms with Gasteiger partial charge in [-0.25, -0.2) is 0 Å². The molecular weight excluding hydrogens is 348 g/mol. The summed E-state index contributed by atoms with van der Waals surface area (Å²) in [6.45, 7) is -0.374. The minimum atomic E-state index is -1.07. The fourth-order valence-corrected chi connectivity index (χ4v) is 2.38. The minimum Gasteiger partial charge on any atom is -0.496 e. The molecule has 0 aliphatic heterocycles. The van der Waals surface area contributed by atoms with Crippen LogP contribution in [0.25, 0.3) is 0 Å². The number of carbonyl (C=O) groups is 3. The number of amides is 2. The zero-order valence-corrected chi connectivity index (χ0v) is 15.5. The van der Waals surface area contributed by atoms with E-state index < -0.39 is 18.0 Å². The Bertz CT molecular complexity index is 805. The first kappa shape index (κ1) is 20.0. The molecule has 0 aliphatic carbocycles. The summed E-state index contributed by atoms with van der Waals surface area (Å²) in [4.78, 5) is 38.2. The molecule has 2 amide bonds. The van der Waals surface area contributed by atoms with E-state index in [-0.39, 0.29) is 12.5 Å². The number of ether oxygens (including phenoxy) is 2. The lowest BCUT2D eigenvalue weighted by Crippen LogP contribution is -2.35. The molecular formula is C20H22N2O5. The van der Waals surface area contributed by atoms with E-state index >= 15 is 0 Å². The van der Waals surface area contributed by atoms with Gasteiger partial charge in [0.25, 0.3) is 11.8 Å². The number of nitrogens with zero attached hydrogens (tertiary/aromatic N) is 1. The Balaban J connectivity index is 2.03. The number of benzene rings is 2. The number of nitrogens with one attached hydrogen (secondary N) is 1. The lowest BCUT2D eigenvalue weighted by atomic mass is 10.1. The summed E-state index contributed by atoms with van der Waals surface area (Å²) < 4.78 is 10.5. The summed E-state index contributed by atoms with van der Waals surface area (Å²) >= 11 is 0. The molecule has 0 radical (unpaired) electrons. The molecule has 7 nitrogen and oxygen atoms in total. The molecule has 0 spiro atoms. The van der Waals surface area contributed by atoms with Crippen molar-refractivity contribution >= 4 is 17.8 Å². The van der Waals surface area contributed by atoms with Crippen LogP contribution in [0, 0.1) is 0 Å².